The lowest BCUT2D eigenvalue weighted by molar-refractivity contribution is -0.138. The van der Waals surface area contributed by atoms with E-state index in [9.17, 15) is 13.2 Å². The van der Waals surface area contributed by atoms with Crippen LogP contribution in [0.1, 0.15) is 22.3 Å². The number of alkyl halides is 6. The van der Waals surface area contributed by atoms with Crippen molar-refractivity contribution in [2.24, 2.45) is 0 Å². The molecule has 60 heavy (non-hydrogen) atoms. The van der Waals surface area contributed by atoms with E-state index in [0.717, 1.165) is 83.8 Å². The fourth-order valence-electron chi connectivity index (χ4n) is 8.59. The maximum atomic E-state index is 15.0. The van der Waals surface area contributed by atoms with Gasteiger partial charge in [0.1, 0.15) is 0 Å². The Kier molecular flexibility index (Phi) is 8.54. The highest BCUT2D eigenvalue weighted by Gasteiger charge is 2.35. The summed E-state index contributed by atoms with van der Waals surface area (Å²) in [6.45, 7) is 4.03. The minimum absolute atomic E-state index is 0.0315. The first kappa shape index (κ1) is 37.2. The van der Waals surface area contributed by atoms with Gasteiger partial charge in [0.2, 0.25) is 0 Å². The number of hydrogen-bond donors (Lipinski definition) is 0. The first-order valence-electron chi connectivity index (χ1n) is 19.5. The molecule has 0 atom stereocenters. The Morgan fingerprint density at radius 1 is 0.350 bits per heavy atom. The molecular formula is C52H34F6N2. The third-order valence-electron chi connectivity index (χ3n) is 11.6. The molecule has 0 spiro atoms. The van der Waals surface area contributed by atoms with Crippen molar-refractivity contribution in [1.82, 2.24) is 9.13 Å². The predicted molar refractivity (Wildman–Crippen MR) is 231 cm³/mol. The molecule has 294 valence electrons. The molecule has 0 aliphatic heterocycles. The number of nitrogens with zero attached hydrogens (tertiary/aromatic N) is 2. The summed E-state index contributed by atoms with van der Waals surface area (Å²) in [5.41, 5.74) is 9.45. The molecule has 10 rings (SSSR count). The Morgan fingerprint density at radius 3 is 1.30 bits per heavy atom. The summed E-state index contributed by atoms with van der Waals surface area (Å²) in [4.78, 5) is 0. The lowest BCUT2D eigenvalue weighted by Gasteiger charge is -2.18. The van der Waals surface area contributed by atoms with Gasteiger partial charge in [-0.1, -0.05) is 109 Å². The van der Waals surface area contributed by atoms with Crippen LogP contribution in [0.2, 0.25) is 0 Å². The molecule has 2 nitrogen and oxygen atoms in total. The zero-order valence-electron chi connectivity index (χ0n) is 32.3. The fourth-order valence-corrected chi connectivity index (χ4v) is 8.59. The highest BCUT2D eigenvalue weighted by molar-refractivity contribution is 6.12. The summed E-state index contributed by atoms with van der Waals surface area (Å²) in [6.07, 6.45) is -9.06. The van der Waals surface area contributed by atoms with E-state index in [2.05, 4.69) is 22.8 Å². The normalized spacial score (nSPS) is 12.3. The molecule has 0 N–H and O–H groups in total. The van der Waals surface area contributed by atoms with Gasteiger partial charge in [0.15, 0.2) is 0 Å². The van der Waals surface area contributed by atoms with Gasteiger partial charge in [-0.25, -0.2) is 0 Å². The topological polar surface area (TPSA) is 9.86 Å². The molecule has 0 unspecified atom stereocenters. The summed E-state index contributed by atoms with van der Waals surface area (Å²) in [5.74, 6) is 0. The number of hydrogen-bond acceptors (Lipinski definition) is 0. The van der Waals surface area contributed by atoms with E-state index in [1.165, 1.54) is 24.3 Å². The van der Waals surface area contributed by atoms with Crippen molar-refractivity contribution in [3.05, 3.63) is 192 Å². The lowest BCUT2D eigenvalue weighted by atomic mass is 9.99. The minimum atomic E-state index is -4.63. The SMILES string of the molecule is Cc1ccc(-c2ccc3c(c2)c2ccccc2n3-c2cc(-c3ccc(C)c(-n4c5ccccc5c5cc(-c6ccc(C(F)(F)F)cc6)ccc54)c3)ccc2C(F)(F)F)cc1. The second-order valence-corrected chi connectivity index (χ2v) is 15.3. The van der Waals surface area contributed by atoms with Crippen molar-refractivity contribution in [3.8, 4) is 44.8 Å². The Balaban J connectivity index is 1.13. The zero-order valence-corrected chi connectivity index (χ0v) is 32.3. The van der Waals surface area contributed by atoms with Crippen LogP contribution >= 0.6 is 0 Å². The number of rotatable bonds is 5. The Hall–Kier alpha value is -7.06. The van der Waals surface area contributed by atoms with Gasteiger partial charge in [0.05, 0.1) is 38.9 Å². The van der Waals surface area contributed by atoms with E-state index in [4.69, 9.17) is 0 Å². The molecular weight excluding hydrogens is 767 g/mol. The molecule has 2 aromatic heterocycles. The second-order valence-electron chi connectivity index (χ2n) is 15.3. The summed E-state index contributed by atoms with van der Waals surface area (Å²) < 4.78 is 88.9. The molecule has 0 bridgehead atoms. The van der Waals surface area contributed by atoms with Crippen LogP contribution in [0.15, 0.2) is 170 Å². The van der Waals surface area contributed by atoms with E-state index in [-0.39, 0.29) is 5.69 Å². The van der Waals surface area contributed by atoms with Crippen LogP contribution in [0.5, 0.6) is 0 Å². The zero-order chi connectivity index (χ0) is 41.5. The van der Waals surface area contributed by atoms with Gasteiger partial charge in [-0.05, 0) is 120 Å². The van der Waals surface area contributed by atoms with Gasteiger partial charge in [0.25, 0.3) is 0 Å². The Bertz CT molecular complexity index is 3290. The first-order chi connectivity index (χ1) is 28.8. The quantitative estimate of drug-likeness (QED) is 0.153. The molecule has 2 heterocycles. The standard InChI is InChI=1S/C52H34F6N2/c1-31-11-14-33(15-12-31)35-21-26-48-43(27-35)41-8-4-6-10-46(41)60(48)50-30-38(19-24-44(50)52(56,57)58)37-16-13-32(2)49(29-37)59-45-9-5-3-7-40(45)42-28-36(20-25-47(42)59)34-17-22-39(23-18-34)51(53,54)55/h3-30H,1-2H3. The van der Waals surface area contributed by atoms with Gasteiger partial charge < -0.3 is 9.13 Å². The highest BCUT2D eigenvalue weighted by Crippen LogP contribution is 2.43. The molecule has 0 saturated heterocycles. The van der Waals surface area contributed by atoms with Crippen LogP contribution in [-0.2, 0) is 12.4 Å². The number of benzene rings is 8. The van der Waals surface area contributed by atoms with Crippen molar-refractivity contribution in [1.29, 1.82) is 0 Å². The maximum Gasteiger partial charge on any atom is 0.418 e. The van der Waals surface area contributed by atoms with Crippen LogP contribution in [-0.4, -0.2) is 9.13 Å². The van der Waals surface area contributed by atoms with Gasteiger partial charge in [-0.15, -0.1) is 0 Å². The van der Waals surface area contributed by atoms with Gasteiger partial charge in [-0.3, -0.25) is 0 Å². The lowest BCUT2D eigenvalue weighted by Crippen LogP contribution is -2.11. The molecule has 8 aromatic carbocycles. The largest absolute Gasteiger partial charge is 0.418 e. The summed E-state index contributed by atoms with van der Waals surface area (Å²) in [6, 6.07) is 50.9. The molecule has 0 fully saturated rings. The summed E-state index contributed by atoms with van der Waals surface area (Å²) in [5, 5.41) is 3.58. The Labute approximate surface area is 341 Å². The summed E-state index contributed by atoms with van der Waals surface area (Å²) >= 11 is 0. The van der Waals surface area contributed by atoms with Gasteiger partial charge in [0, 0.05) is 27.2 Å². The smallest absolute Gasteiger partial charge is 0.309 e. The van der Waals surface area contributed by atoms with Crippen LogP contribution in [0.3, 0.4) is 0 Å². The highest BCUT2D eigenvalue weighted by atomic mass is 19.4. The first-order valence-corrected chi connectivity index (χ1v) is 19.5. The number of para-hydroxylation sites is 2. The van der Waals surface area contributed by atoms with E-state index in [1.807, 2.05) is 123 Å². The molecule has 0 radical (unpaired) electrons. The fraction of sp³-hybridized carbons (Fsp3) is 0.0769. The van der Waals surface area contributed by atoms with Crippen molar-refractivity contribution in [2.45, 2.75) is 26.2 Å². The molecule has 0 saturated carbocycles. The maximum absolute atomic E-state index is 15.0. The van der Waals surface area contributed by atoms with Crippen LogP contribution in [0.4, 0.5) is 26.3 Å². The van der Waals surface area contributed by atoms with Crippen LogP contribution < -0.4 is 0 Å². The van der Waals surface area contributed by atoms with Crippen molar-refractivity contribution < 1.29 is 26.3 Å². The van der Waals surface area contributed by atoms with Crippen LogP contribution in [0, 0.1) is 13.8 Å². The molecule has 0 amide bonds. The third kappa shape index (κ3) is 6.22. The number of halogens is 6. The van der Waals surface area contributed by atoms with E-state index in [1.54, 1.807) is 10.6 Å². The molecule has 0 aliphatic rings. The van der Waals surface area contributed by atoms with Gasteiger partial charge >= 0.3 is 12.4 Å². The molecule has 10 aromatic rings. The summed E-state index contributed by atoms with van der Waals surface area (Å²) in [7, 11) is 0. The molecule has 8 heteroatoms. The van der Waals surface area contributed by atoms with E-state index in [0.29, 0.717) is 22.2 Å². The number of aromatic nitrogens is 2. The third-order valence-corrected chi connectivity index (χ3v) is 11.6. The second kappa shape index (κ2) is 13.8. The van der Waals surface area contributed by atoms with Crippen molar-refractivity contribution in [2.75, 3.05) is 0 Å². The number of aryl methyl sites for hydroxylation is 2. The van der Waals surface area contributed by atoms with Crippen molar-refractivity contribution >= 4 is 43.6 Å². The monoisotopic (exact) mass is 800 g/mol. The molecule has 0 aliphatic carbocycles. The van der Waals surface area contributed by atoms with Crippen molar-refractivity contribution in [3.63, 3.8) is 0 Å². The van der Waals surface area contributed by atoms with Gasteiger partial charge in [-0.2, -0.15) is 26.3 Å². The predicted octanol–water partition coefficient (Wildman–Crippen LogP) is 15.5. The average molecular weight is 801 g/mol. The van der Waals surface area contributed by atoms with E-state index >= 15 is 13.2 Å². The minimum Gasteiger partial charge on any atom is -0.309 e. The average Bonchev–Trinajstić information content (AvgIpc) is 3.75. The number of fused-ring (bicyclic) bond motifs is 6. The Morgan fingerprint density at radius 2 is 0.767 bits per heavy atom. The van der Waals surface area contributed by atoms with E-state index < -0.39 is 23.5 Å². The van der Waals surface area contributed by atoms with Crippen LogP contribution in [0.25, 0.3) is 88.4 Å².